The topological polar surface area (TPSA) is 78.9 Å². The van der Waals surface area contributed by atoms with E-state index in [-0.39, 0.29) is 31.1 Å². The van der Waals surface area contributed by atoms with Gasteiger partial charge in [-0.3, -0.25) is 14.4 Å². The molecule has 0 aromatic carbocycles. The zero-order chi connectivity index (χ0) is 59.2. The number of unbranched alkanes of at least 4 members (excludes halogenated alkanes) is 31. The number of carbonyl (C=O) groups is 3. The standard InChI is InChI=1S/C76H128O6/c1-4-7-10-13-16-19-21-23-25-27-29-31-32-33-34-35-36-37-38-39-40-41-42-43-44-46-47-49-51-53-55-57-60-63-66-69-75(78)81-72-73(71-80-74(77)68-65-62-59-18-15-12-9-6-3)82-76(79)70-67-64-61-58-56-54-52-50-48-45-30-28-26-24-22-20-17-14-11-8-5-2/h7-8,10-11,16-17,19-20,23-26,29-31,33-34,36-37,45,73H,4-6,9,12-15,18,21-22,27-28,32,35,38-44,46-72H2,1-3H3/b10-7-,11-8-,19-16-,20-17-,25-23-,26-24-,31-29-,34-33-,37-36-,45-30-. The predicted molar refractivity (Wildman–Crippen MR) is 357 cm³/mol. The maximum Gasteiger partial charge on any atom is 0.306 e. The molecule has 1 atom stereocenters. The van der Waals surface area contributed by atoms with Crippen LogP contribution >= 0.6 is 0 Å². The molecule has 0 N–H and O–H groups in total. The number of carbonyl (C=O) groups excluding carboxylic acids is 3. The molecule has 82 heavy (non-hydrogen) atoms. The molecule has 6 nitrogen and oxygen atoms in total. The molecule has 0 aromatic heterocycles. The molecule has 0 spiro atoms. The van der Waals surface area contributed by atoms with Crippen molar-refractivity contribution in [2.45, 2.75) is 329 Å². The van der Waals surface area contributed by atoms with Crippen molar-refractivity contribution in [3.8, 4) is 0 Å². The van der Waals surface area contributed by atoms with E-state index >= 15 is 0 Å². The summed E-state index contributed by atoms with van der Waals surface area (Å²) in [5.41, 5.74) is 0. The third-order valence-corrected chi connectivity index (χ3v) is 14.7. The van der Waals surface area contributed by atoms with Gasteiger partial charge in [0.25, 0.3) is 0 Å². The lowest BCUT2D eigenvalue weighted by atomic mass is 10.0. The molecule has 1 unspecified atom stereocenters. The second-order valence-electron chi connectivity index (χ2n) is 22.7. The molecule has 0 radical (unpaired) electrons. The van der Waals surface area contributed by atoms with Crippen molar-refractivity contribution in [2.75, 3.05) is 13.2 Å². The van der Waals surface area contributed by atoms with Crippen LogP contribution in [0.2, 0.25) is 0 Å². The van der Waals surface area contributed by atoms with Crippen LogP contribution in [0.25, 0.3) is 0 Å². The second kappa shape index (κ2) is 69.3. The van der Waals surface area contributed by atoms with Gasteiger partial charge in [-0.05, 0) is 109 Å². The van der Waals surface area contributed by atoms with Crippen molar-refractivity contribution in [3.63, 3.8) is 0 Å². The first-order valence-corrected chi connectivity index (χ1v) is 34.5. The second-order valence-corrected chi connectivity index (χ2v) is 22.7. The summed E-state index contributed by atoms with van der Waals surface area (Å²) >= 11 is 0. The Labute approximate surface area is 507 Å². The molecule has 0 saturated heterocycles. The summed E-state index contributed by atoms with van der Waals surface area (Å²) in [6.45, 7) is 6.40. The van der Waals surface area contributed by atoms with E-state index in [0.29, 0.717) is 19.3 Å². The number of ether oxygens (including phenoxy) is 3. The van der Waals surface area contributed by atoms with Gasteiger partial charge in [0.1, 0.15) is 13.2 Å². The maximum atomic E-state index is 12.9. The molecular formula is C76H128O6. The van der Waals surface area contributed by atoms with Crippen LogP contribution in [0.1, 0.15) is 323 Å². The van der Waals surface area contributed by atoms with E-state index in [0.717, 1.165) is 128 Å². The van der Waals surface area contributed by atoms with Crippen molar-refractivity contribution in [1.82, 2.24) is 0 Å². The van der Waals surface area contributed by atoms with E-state index < -0.39 is 6.10 Å². The molecule has 0 rings (SSSR count). The fraction of sp³-hybridized carbons (Fsp3) is 0.697. The Kier molecular flexibility index (Phi) is 65.8. The van der Waals surface area contributed by atoms with Gasteiger partial charge in [0.15, 0.2) is 6.10 Å². The Bertz CT molecular complexity index is 1690. The van der Waals surface area contributed by atoms with E-state index in [1.165, 1.54) is 154 Å². The molecule has 0 aliphatic heterocycles. The van der Waals surface area contributed by atoms with Gasteiger partial charge < -0.3 is 14.2 Å². The molecule has 0 aliphatic carbocycles. The van der Waals surface area contributed by atoms with Gasteiger partial charge in [-0.15, -0.1) is 0 Å². The quantitative estimate of drug-likeness (QED) is 0.0261. The summed E-state index contributed by atoms with van der Waals surface area (Å²) in [6.07, 6.45) is 96.7. The molecule has 0 saturated carbocycles. The van der Waals surface area contributed by atoms with Gasteiger partial charge >= 0.3 is 17.9 Å². The molecule has 0 fully saturated rings. The van der Waals surface area contributed by atoms with Crippen LogP contribution in [-0.4, -0.2) is 37.2 Å². The summed E-state index contributed by atoms with van der Waals surface area (Å²) < 4.78 is 16.9. The van der Waals surface area contributed by atoms with Gasteiger partial charge in [0.2, 0.25) is 0 Å². The van der Waals surface area contributed by atoms with Crippen LogP contribution in [0.5, 0.6) is 0 Å². The van der Waals surface area contributed by atoms with E-state index in [1.54, 1.807) is 0 Å². The Morgan fingerprint density at radius 3 is 0.744 bits per heavy atom. The molecule has 0 bridgehead atoms. The minimum absolute atomic E-state index is 0.0789. The van der Waals surface area contributed by atoms with Crippen LogP contribution in [0, 0.1) is 0 Å². The highest BCUT2D eigenvalue weighted by atomic mass is 16.6. The largest absolute Gasteiger partial charge is 0.462 e. The summed E-state index contributed by atoms with van der Waals surface area (Å²) in [4.78, 5) is 38.2. The zero-order valence-corrected chi connectivity index (χ0v) is 53.7. The first kappa shape index (κ1) is 77.8. The van der Waals surface area contributed by atoms with Crippen LogP contribution in [0.15, 0.2) is 122 Å². The number of esters is 3. The Balaban J connectivity index is 4.08. The summed E-state index contributed by atoms with van der Waals surface area (Å²) in [5, 5.41) is 0. The van der Waals surface area contributed by atoms with Crippen molar-refractivity contribution in [2.24, 2.45) is 0 Å². The van der Waals surface area contributed by atoms with Crippen LogP contribution < -0.4 is 0 Å². The fourth-order valence-electron chi connectivity index (χ4n) is 9.62. The highest BCUT2D eigenvalue weighted by molar-refractivity contribution is 5.71. The first-order valence-electron chi connectivity index (χ1n) is 34.5. The Morgan fingerprint density at radius 2 is 0.476 bits per heavy atom. The maximum absolute atomic E-state index is 12.9. The summed E-state index contributed by atoms with van der Waals surface area (Å²) in [7, 11) is 0. The lowest BCUT2D eigenvalue weighted by Crippen LogP contribution is -2.30. The van der Waals surface area contributed by atoms with E-state index in [9.17, 15) is 14.4 Å². The zero-order valence-electron chi connectivity index (χ0n) is 53.7. The molecule has 0 aromatic rings. The Hall–Kier alpha value is -4.19. The monoisotopic (exact) mass is 1140 g/mol. The van der Waals surface area contributed by atoms with E-state index in [1.807, 2.05) is 0 Å². The van der Waals surface area contributed by atoms with Gasteiger partial charge in [-0.1, -0.05) is 316 Å². The number of allylic oxidation sites excluding steroid dienone is 20. The van der Waals surface area contributed by atoms with Gasteiger partial charge in [-0.25, -0.2) is 0 Å². The highest BCUT2D eigenvalue weighted by Gasteiger charge is 2.19. The lowest BCUT2D eigenvalue weighted by molar-refractivity contribution is -0.167. The van der Waals surface area contributed by atoms with Crippen molar-refractivity contribution >= 4 is 17.9 Å². The number of rotatable bonds is 62. The fourth-order valence-corrected chi connectivity index (χ4v) is 9.62. The molecule has 0 heterocycles. The third-order valence-electron chi connectivity index (χ3n) is 14.7. The molecule has 6 heteroatoms. The lowest BCUT2D eigenvalue weighted by Gasteiger charge is -2.18. The average molecular weight is 1140 g/mol. The van der Waals surface area contributed by atoms with Crippen molar-refractivity contribution < 1.29 is 28.6 Å². The summed E-state index contributed by atoms with van der Waals surface area (Å²) in [6, 6.07) is 0. The average Bonchev–Trinajstić information content (AvgIpc) is 3.47. The molecule has 0 aliphatic rings. The molecule has 0 amide bonds. The molecule has 468 valence electrons. The molecular weight excluding hydrogens is 1010 g/mol. The minimum Gasteiger partial charge on any atom is -0.462 e. The van der Waals surface area contributed by atoms with E-state index in [2.05, 4.69) is 142 Å². The van der Waals surface area contributed by atoms with Crippen LogP contribution in [0.3, 0.4) is 0 Å². The van der Waals surface area contributed by atoms with Crippen molar-refractivity contribution in [3.05, 3.63) is 122 Å². The number of hydrogen-bond acceptors (Lipinski definition) is 6. The number of hydrogen-bond donors (Lipinski definition) is 0. The van der Waals surface area contributed by atoms with Gasteiger partial charge in [-0.2, -0.15) is 0 Å². The minimum atomic E-state index is -0.781. The SMILES string of the molecule is CC/C=C\C/C=C\C/C=C\C/C=C\C/C=C\C/C=C\CCCCCCCCCCCCCCCCCCC(=O)OCC(COC(=O)CCCCCCCCCC)OC(=O)CCCCCCCCCC/C=C\C/C=C\C/C=C\C/C=C\CC. The van der Waals surface area contributed by atoms with Crippen molar-refractivity contribution in [1.29, 1.82) is 0 Å². The van der Waals surface area contributed by atoms with Gasteiger partial charge in [0, 0.05) is 19.3 Å². The normalized spacial score (nSPS) is 12.9. The summed E-state index contributed by atoms with van der Waals surface area (Å²) in [5.74, 6) is -0.881. The Morgan fingerprint density at radius 1 is 0.256 bits per heavy atom. The predicted octanol–water partition coefficient (Wildman–Crippen LogP) is 23.9. The first-order chi connectivity index (χ1) is 40.5. The van der Waals surface area contributed by atoms with E-state index in [4.69, 9.17) is 14.2 Å². The van der Waals surface area contributed by atoms with Crippen LogP contribution in [-0.2, 0) is 28.6 Å². The van der Waals surface area contributed by atoms with Gasteiger partial charge in [0.05, 0.1) is 0 Å². The van der Waals surface area contributed by atoms with Crippen LogP contribution in [0.4, 0.5) is 0 Å². The third kappa shape index (κ3) is 66.6. The smallest absolute Gasteiger partial charge is 0.306 e. The highest BCUT2D eigenvalue weighted by Crippen LogP contribution is 2.17.